The van der Waals surface area contributed by atoms with E-state index < -0.39 is 0 Å². The zero-order chi connectivity index (χ0) is 13.4. The van der Waals surface area contributed by atoms with Gasteiger partial charge in [0.25, 0.3) is 5.91 Å². The molecule has 3 rings (SSSR count). The molecule has 1 atom stereocenters. The Balaban J connectivity index is 1.90. The highest BCUT2D eigenvalue weighted by Gasteiger charge is 2.30. The van der Waals surface area contributed by atoms with Gasteiger partial charge in [-0.05, 0) is 40.9 Å². The van der Waals surface area contributed by atoms with Crippen molar-refractivity contribution in [2.45, 2.75) is 18.9 Å². The predicted octanol–water partition coefficient (Wildman–Crippen LogP) is 1.74. The molecule has 2 N–H and O–H groups in total. The minimum Gasteiger partial charge on any atom is -0.454 e. The predicted molar refractivity (Wildman–Crippen MR) is 73.4 cm³/mol. The van der Waals surface area contributed by atoms with Gasteiger partial charge in [-0.25, -0.2) is 0 Å². The number of fused-ring (bicyclic) bond motifs is 1. The number of hydrogen-bond donors (Lipinski definition) is 1. The molecule has 1 saturated heterocycles. The maximum Gasteiger partial charge on any atom is 0.254 e. The third-order valence-electron chi connectivity index (χ3n) is 3.58. The maximum atomic E-state index is 12.5. The highest BCUT2D eigenvalue weighted by Crippen LogP contribution is 2.40. The summed E-state index contributed by atoms with van der Waals surface area (Å²) in [6.45, 7) is 1.48. The number of nitrogens with zero attached hydrogens (tertiary/aromatic N) is 1. The van der Waals surface area contributed by atoms with Gasteiger partial charge in [0.1, 0.15) is 0 Å². The number of hydrogen-bond acceptors (Lipinski definition) is 4. The molecule has 0 aliphatic carbocycles. The molecule has 1 amide bonds. The lowest BCUT2D eigenvalue weighted by Crippen LogP contribution is -2.39. The Labute approximate surface area is 119 Å². The van der Waals surface area contributed by atoms with Crippen LogP contribution < -0.4 is 15.2 Å². The Kier molecular flexibility index (Phi) is 3.36. The first-order valence-corrected chi connectivity index (χ1v) is 7.10. The lowest BCUT2D eigenvalue weighted by Gasteiger charge is -2.23. The Morgan fingerprint density at radius 1 is 1.47 bits per heavy atom. The molecular formula is C13H15BrN2O3. The Morgan fingerprint density at radius 2 is 2.32 bits per heavy atom. The standard InChI is InChI=1S/C13H15BrN2O3/c14-10-4-8(5-11-12(10)19-7-18-11)13(17)16-3-1-2-9(16)6-15/h4-5,9H,1-3,6-7,15H2. The molecular weight excluding hydrogens is 312 g/mol. The zero-order valence-electron chi connectivity index (χ0n) is 10.4. The number of likely N-dealkylation sites (tertiary alicyclic amines) is 1. The number of halogens is 1. The van der Waals surface area contributed by atoms with Gasteiger partial charge in [-0.15, -0.1) is 0 Å². The lowest BCUT2D eigenvalue weighted by atomic mass is 10.1. The molecule has 2 heterocycles. The number of nitrogens with two attached hydrogens (primary N) is 1. The summed E-state index contributed by atoms with van der Waals surface area (Å²) < 4.78 is 11.4. The van der Waals surface area contributed by atoms with Gasteiger partial charge in [-0.3, -0.25) is 4.79 Å². The quantitative estimate of drug-likeness (QED) is 0.899. The molecule has 0 radical (unpaired) electrons. The molecule has 0 saturated carbocycles. The molecule has 1 aromatic carbocycles. The second-order valence-electron chi connectivity index (χ2n) is 4.72. The molecule has 2 aliphatic heterocycles. The molecule has 0 bridgehead atoms. The summed E-state index contributed by atoms with van der Waals surface area (Å²) in [6, 6.07) is 3.67. The van der Waals surface area contributed by atoms with Gasteiger partial charge in [0, 0.05) is 24.7 Å². The van der Waals surface area contributed by atoms with Crippen molar-refractivity contribution in [3.8, 4) is 11.5 Å². The summed E-state index contributed by atoms with van der Waals surface area (Å²) in [5.74, 6) is 1.28. The molecule has 5 nitrogen and oxygen atoms in total. The van der Waals surface area contributed by atoms with Gasteiger partial charge in [-0.2, -0.15) is 0 Å². The SMILES string of the molecule is NCC1CCCN1C(=O)c1cc(Br)c2c(c1)OCO2. The highest BCUT2D eigenvalue weighted by molar-refractivity contribution is 9.10. The Bertz CT molecular complexity index is 521. The molecule has 0 aromatic heterocycles. The molecule has 2 aliphatic rings. The first-order chi connectivity index (χ1) is 9.20. The largest absolute Gasteiger partial charge is 0.454 e. The van der Waals surface area contributed by atoms with Crippen molar-refractivity contribution in [3.05, 3.63) is 22.2 Å². The van der Waals surface area contributed by atoms with E-state index in [0.717, 1.165) is 23.9 Å². The van der Waals surface area contributed by atoms with Crippen molar-refractivity contribution in [2.24, 2.45) is 5.73 Å². The third kappa shape index (κ3) is 2.19. The lowest BCUT2D eigenvalue weighted by molar-refractivity contribution is 0.0740. The van der Waals surface area contributed by atoms with Crippen molar-refractivity contribution in [3.63, 3.8) is 0 Å². The molecule has 6 heteroatoms. The molecule has 1 aromatic rings. The van der Waals surface area contributed by atoms with E-state index in [1.165, 1.54) is 0 Å². The fraction of sp³-hybridized carbons (Fsp3) is 0.462. The Hall–Kier alpha value is -1.27. The van der Waals surface area contributed by atoms with Gasteiger partial charge in [-0.1, -0.05) is 0 Å². The van der Waals surface area contributed by atoms with E-state index >= 15 is 0 Å². The number of carbonyl (C=O) groups is 1. The minimum atomic E-state index is 0.00644. The molecule has 19 heavy (non-hydrogen) atoms. The number of benzene rings is 1. The first-order valence-electron chi connectivity index (χ1n) is 6.31. The Morgan fingerprint density at radius 3 is 3.11 bits per heavy atom. The van der Waals surface area contributed by atoms with Crippen LogP contribution in [0, 0.1) is 0 Å². The summed E-state index contributed by atoms with van der Waals surface area (Å²) in [4.78, 5) is 14.4. The first kappa shape index (κ1) is 12.7. The van der Waals surface area contributed by atoms with Gasteiger partial charge in [0.2, 0.25) is 6.79 Å². The van der Waals surface area contributed by atoms with E-state index in [0.29, 0.717) is 23.6 Å². The van der Waals surface area contributed by atoms with E-state index in [1.807, 2.05) is 4.90 Å². The van der Waals surface area contributed by atoms with Crippen LogP contribution in [-0.4, -0.2) is 36.7 Å². The van der Waals surface area contributed by atoms with Crippen molar-refractivity contribution in [1.29, 1.82) is 0 Å². The topological polar surface area (TPSA) is 64.8 Å². The van der Waals surface area contributed by atoms with Crippen LogP contribution in [-0.2, 0) is 0 Å². The fourth-order valence-electron chi connectivity index (χ4n) is 2.60. The normalized spacial score (nSPS) is 20.9. The van der Waals surface area contributed by atoms with Crippen LogP contribution in [0.5, 0.6) is 11.5 Å². The van der Waals surface area contributed by atoms with Crippen LogP contribution in [0.1, 0.15) is 23.2 Å². The van der Waals surface area contributed by atoms with Crippen molar-refractivity contribution in [2.75, 3.05) is 19.9 Å². The van der Waals surface area contributed by atoms with E-state index in [-0.39, 0.29) is 18.7 Å². The summed E-state index contributed by atoms with van der Waals surface area (Å²) in [7, 11) is 0. The van der Waals surface area contributed by atoms with E-state index in [1.54, 1.807) is 12.1 Å². The van der Waals surface area contributed by atoms with Crippen molar-refractivity contribution >= 4 is 21.8 Å². The summed E-state index contributed by atoms with van der Waals surface area (Å²) in [5, 5.41) is 0. The smallest absolute Gasteiger partial charge is 0.254 e. The van der Waals surface area contributed by atoms with E-state index in [9.17, 15) is 4.79 Å². The van der Waals surface area contributed by atoms with E-state index in [2.05, 4.69) is 15.9 Å². The van der Waals surface area contributed by atoms with Gasteiger partial charge < -0.3 is 20.1 Å². The van der Waals surface area contributed by atoms with Crippen LogP contribution >= 0.6 is 15.9 Å². The summed E-state index contributed by atoms with van der Waals surface area (Å²) in [6.07, 6.45) is 1.99. The van der Waals surface area contributed by atoms with Crippen LogP contribution in [0.3, 0.4) is 0 Å². The fourth-order valence-corrected chi connectivity index (χ4v) is 3.16. The monoisotopic (exact) mass is 326 g/mol. The molecule has 1 unspecified atom stereocenters. The summed E-state index contributed by atoms with van der Waals surface area (Å²) in [5.41, 5.74) is 6.32. The second-order valence-corrected chi connectivity index (χ2v) is 5.58. The minimum absolute atomic E-state index is 0.00644. The maximum absolute atomic E-state index is 12.5. The third-order valence-corrected chi connectivity index (χ3v) is 4.17. The van der Waals surface area contributed by atoms with Crippen LogP contribution in [0.15, 0.2) is 16.6 Å². The summed E-state index contributed by atoms with van der Waals surface area (Å²) >= 11 is 3.41. The number of rotatable bonds is 2. The average Bonchev–Trinajstić information content (AvgIpc) is 3.06. The van der Waals surface area contributed by atoms with Crippen LogP contribution in [0.4, 0.5) is 0 Å². The molecule has 0 spiro atoms. The highest BCUT2D eigenvalue weighted by atomic mass is 79.9. The van der Waals surface area contributed by atoms with Gasteiger partial charge >= 0.3 is 0 Å². The number of ether oxygens (including phenoxy) is 2. The van der Waals surface area contributed by atoms with E-state index in [4.69, 9.17) is 15.2 Å². The second kappa shape index (κ2) is 5.02. The molecule has 1 fully saturated rings. The molecule has 102 valence electrons. The van der Waals surface area contributed by atoms with Crippen molar-refractivity contribution in [1.82, 2.24) is 4.90 Å². The zero-order valence-corrected chi connectivity index (χ0v) is 12.0. The van der Waals surface area contributed by atoms with Crippen LogP contribution in [0.2, 0.25) is 0 Å². The van der Waals surface area contributed by atoms with Crippen LogP contribution in [0.25, 0.3) is 0 Å². The van der Waals surface area contributed by atoms with Crippen molar-refractivity contribution < 1.29 is 14.3 Å². The van der Waals surface area contributed by atoms with Gasteiger partial charge in [0.15, 0.2) is 11.5 Å². The van der Waals surface area contributed by atoms with Gasteiger partial charge in [0.05, 0.1) is 4.47 Å². The number of amides is 1. The number of carbonyl (C=O) groups excluding carboxylic acids is 1. The average molecular weight is 327 g/mol.